The molecule has 1 N–H and O–H groups in total. The number of nitrogens with one attached hydrogen (secondary N) is 1. The molecule has 3 nitrogen and oxygen atoms in total. The van der Waals surface area contributed by atoms with Crippen molar-refractivity contribution < 1.29 is 9.13 Å². The molecule has 0 saturated carbocycles. The Morgan fingerprint density at radius 1 is 0.957 bits per heavy atom. The summed E-state index contributed by atoms with van der Waals surface area (Å²) in [5.41, 5.74) is 2.08. The number of nitrogens with zero attached hydrogens (tertiary/aromatic N) is 1. The largest absolute Gasteiger partial charge is 0.367 e. The lowest BCUT2D eigenvalue weighted by atomic mass is 10.0. The zero-order chi connectivity index (χ0) is 15.9. The Morgan fingerprint density at radius 2 is 1.61 bits per heavy atom. The normalized spacial score (nSPS) is 17.1. The number of ether oxygens (including phenoxy) is 1. The second kappa shape index (κ2) is 8.20. The Balaban J connectivity index is 1.66. The molecule has 1 aliphatic heterocycles. The summed E-state index contributed by atoms with van der Waals surface area (Å²) in [6.45, 7) is 5.80. The third-order valence-corrected chi connectivity index (χ3v) is 4.18. The average molecular weight is 314 g/mol. The second-order valence-corrected chi connectivity index (χ2v) is 5.80. The van der Waals surface area contributed by atoms with Crippen molar-refractivity contribution in [3.63, 3.8) is 0 Å². The highest BCUT2D eigenvalue weighted by molar-refractivity contribution is 5.30. The van der Waals surface area contributed by atoms with Crippen LogP contribution in [0.5, 0.6) is 0 Å². The molecule has 1 heterocycles. The lowest BCUT2D eigenvalue weighted by molar-refractivity contribution is 0.0572. The quantitative estimate of drug-likeness (QED) is 0.887. The molecule has 1 saturated heterocycles. The molecule has 1 atom stereocenters. The fraction of sp³-hybridized carbons (Fsp3) is 0.368. The van der Waals surface area contributed by atoms with Crippen molar-refractivity contribution >= 4 is 0 Å². The molecule has 0 bridgehead atoms. The molecule has 0 aliphatic carbocycles. The van der Waals surface area contributed by atoms with Crippen molar-refractivity contribution in [1.29, 1.82) is 0 Å². The molecule has 122 valence electrons. The standard InChI is InChI=1S/C19H23FN2O/c20-18-8-6-17(7-9-18)19(16-4-2-1-3-5-16)23-15-14-22-12-10-21-11-13-22/h1-9,19,21H,10-15H2/t19-/m1/s1. The number of hydrogen-bond donors (Lipinski definition) is 1. The van der Waals surface area contributed by atoms with Gasteiger partial charge in [0, 0.05) is 32.7 Å². The van der Waals surface area contributed by atoms with E-state index in [1.165, 1.54) is 12.1 Å². The Hall–Kier alpha value is -1.75. The molecule has 0 radical (unpaired) electrons. The highest BCUT2D eigenvalue weighted by atomic mass is 19.1. The summed E-state index contributed by atoms with van der Waals surface area (Å²) in [6, 6.07) is 16.7. The van der Waals surface area contributed by atoms with Gasteiger partial charge in [0.1, 0.15) is 11.9 Å². The van der Waals surface area contributed by atoms with E-state index in [4.69, 9.17) is 4.74 Å². The van der Waals surface area contributed by atoms with Crippen LogP contribution in [-0.2, 0) is 4.74 Å². The third kappa shape index (κ3) is 4.61. The van der Waals surface area contributed by atoms with Gasteiger partial charge >= 0.3 is 0 Å². The Morgan fingerprint density at radius 3 is 2.30 bits per heavy atom. The highest BCUT2D eigenvalue weighted by Gasteiger charge is 2.16. The number of rotatable bonds is 6. The lowest BCUT2D eigenvalue weighted by Crippen LogP contribution is -2.44. The summed E-state index contributed by atoms with van der Waals surface area (Å²) in [4.78, 5) is 2.41. The molecule has 23 heavy (non-hydrogen) atoms. The molecule has 4 heteroatoms. The van der Waals surface area contributed by atoms with E-state index >= 15 is 0 Å². The van der Waals surface area contributed by atoms with Gasteiger partial charge < -0.3 is 10.1 Å². The van der Waals surface area contributed by atoms with Crippen LogP contribution in [0.3, 0.4) is 0 Å². The van der Waals surface area contributed by atoms with Crippen LogP contribution in [0.1, 0.15) is 17.2 Å². The maximum atomic E-state index is 13.2. The van der Waals surface area contributed by atoms with E-state index in [0.717, 1.165) is 43.9 Å². The maximum absolute atomic E-state index is 13.2. The minimum atomic E-state index is -0.221. The van der Waals surface area contributed by atoms with Crippen molar-refractivity contribution in [3.05, 3.63) is 71.5 Å². The van der Waals surface area contributed by atoms with Gasteiger partial charge in [-0.2, -0.15) is 0 Å². The molecule has 0 amide bonds. The van der Waals surface area contributed by atoms with Gasteiger partial charge in [0.2, 0.25) is 0 Å². The zero-order valence-corrected chi connectivity index (χ0v) is 13.2. The first-order valence-electron chi connectivity index (χ1n) is 8.18. The van der Waals surface area contributed by atoms with Crippen LogP contribution < -0.4 is 5.32 Å². The molecule has 1 aliphatic rings. The monoisotopic (exact) mass is 314 g/mol. The smallest absolute Gasteiger partial charge is 0.123 e. The SMILES string of the molecule is Fc1ccc([C@H](OCCN2CCNCC2)c2ccccc2)cc1. The van der Waals surface area contributed by atoms with E-state index in [0.29, 0.717) is 6.61 Å². The molecular weight excluding hydrogens is 291 g/mol. The third-order valence-electron chi connectivity index (χ3n) is 4.18. The number of halogens is 1. The van der Waals surface area contributed by atoms with Crippen molar-refractivity contribution in [3.8, 4) is 0 Å². The van der Waals surface area contributed by atoms with Gasteiger partial charge in [-0.25, -0.2) is 4.39 Å². The van der Waals surface area contributed by atoms with Crippen LogP contribution in [-0.4, -0.2) is 44.2 Å². The van der Waals surface area contributed by atoms with Crippen LogP contribution >= 0.6 is 0 Å². The second-order valence-electron chi connectivity index (χ2n) is 5.80. The van der Waals surface area contributed by atoms with Crippen molar-refractivity contribution in [2.24, 2.45) is 0 Å². The Labute approximate surface area is 137 Å². The van der Waals surface area contributed by atoms with Gasteiger partial charge in [0.25, 0.3) is 0 Å². The van der Waals surface area contributed by atoms with Crippen molar-refractivity contribution in [2.75, 3.05) is 39.3 Å². The molecule has 0 spiro atoms. The van der Waals surface area contributed by atoms with Gasteiger partial charge in [0.15, 0.2) is 0 Å². The van der Waals surface area contributed by atoms with E-state index in [1.54, 1.807) is 12.1 Å². The number of hydrogen-bond acceptors (Lipinski definition) is 3. The van der Waals surface area contributed by atoms with Crippen LogP contribution in [0, 0.1) is 5.82 Å². The number of benzene rings is 2. The highest BCUT2D eigenvalue weighted by Crippen LogP contribution is 2.26. The van der Waals surface area contributed by atoms with Gasteiger partial charge in [-0.15, -0.1) is 0 Å². The average Bonchev–Trinajstić information content (AvgIpc) is 2.61. The van der Waals surface area contributed by atoms with E-state index in [1.807, 2.05) is 18.2 Å². The van der Waals surface area contributed by atoms with E-state index in [-0.39, 0.29) is 11.9 Å². The molecule has 2 aromatic carbocycles. The van der Waals surface area contributed by atoms with Crippen LogP contribution in [0.2, 0.25) is 0 Å². The predicted octanol–water partition coefficient (Wildman–Crippen LogP) is 2.84. The van der Waals surface area contributed by atoms with Crippen molar-refractivity contribution in [2.45, 2.75) is 6.10 Å². The predicted molar refractivity (Wildman–Crippen MR) is 89.9 cm³/mol. The van der Waals surface area contributed by atoms with E-state index in [2.05, 4.69) is 22.3 Å². The molecule has 0 aromatic heterocycles. The summed E-state index contributed by atoms with van der Waals surface area (Å²) < 4.78 is 19.4. The zero-order valence-electron chi connectivity index (χ0n) is 13.2. The Bertz CT molecular complexity index is 582. The first kappa shape index (κ1) is 16.1. The minimum Gasteiger partial charge on any atom is -0.367 e. The summed E-state index contributed by atoms with van der Waals surface area (Å²) in [5, 5.41) is 3.35. The Kier molecular flexibility index (Phi) is 5.75. The van der Waals surface area contributed by atoms with Crippen LogP contribution in [0.4, 0.5) is 4.39 Å². The van der Waals surface area contributed by atoms with Crippen LogP contribution in [0.25, 0.3) is 0 Å². The van der Waals surface area contributed by atoms with E-state index in [9.17, 15) is 4.39 Å². The summed E-state index contributed by atoms with van der Waals surface area (Å²) >= 11 is 0. The van der Waals surface area contributed by atoms with Gasteiger partial charge in [0.05, 0.1) is 6.61 Å². The summed E-state index contributed by atoms with van der Waals surface area (Å²) in [5.74, 6) is -0.221. The molecular formula is C19H23FN2O. The lowest BCUT2D eigenvalue weighted by Gasteiger charge is -2.28. The maximum Gasteiger partial charge on any atom is 0.123 e. The van der Waals surface area contributed by atoms with Gasteiger partial charge in [-0.05, 0) is 23.3 Å². The topological polar surface area (TPSA) is 24.5 Å². The van der Waals surface area contributed by atoms with Gasteiger partial charge in [-0.3, -0.25) is 4.90 Å². The van der Waals surface area contributed by atoms with Crippen molar-refractivity contribution in [1.82, 2.24) is 10.2 Å². The van der Waals surface area contributed by atoms with Gasteiger partial charge in [-0.1, -0.05) is 42.5 Å². The summed E-state index contributed by atoms with van der Waals surface area (Å²) in [7, 11) is 0. The first-order chi connectivity index (χ1) is 11.3. The fourth-order valence-electron chi connectivity index (χ4n) is 2.88. The molecule has 2 aromatic rings. The molecule has 1 fully saturated rings. The molecule has 3 rings (SSSR count). The first-order valence-corrected chi connectivity index (χ1v) is 8.18. The van der Waals surface area contributed by atoms with E-state index < -0.39 is 0 Å². The number of piperazine rings is 1. The minimum absolute atomic E-state index is 0.153. The fourth-order valence-corrected chi connectivity index (χ4v) is 2.88. The molecule has 0 unspecified atom stereocenters. The van der Waals surface area contributed by atoms with Crippen LogP contribution in [0.15, 0.2) is 54.6 Å². The summed E-state index contributed by atoms with van der Waals surface area (Å²) in [6.07, 6.45) is -0.153.